The van der Waals surface area contributed by atoms with Crippen molar-refractivity contribution in [1.82, 2.24) is 9.97 Å². The van der Waals surface area contributed by atoms with E-state index in [2.05, 4.69) is 23.0 Å². The van der Waals surface area contributed by atoms with Crippen molar-refractivity contribution in [2.24, 2.45) is 0 Å². The molecule has 5 heteroatoms. The standard InChI is InChI=1S/C12H9ClN2S2/c1-2-8-14-10-9-6(13)4-3-5-7(9)17-11(10)12(16)15-8/h3-5H,2H2,1H3,(H,14,15,16). The van der Waals surface area contributed by atoms with Gasteiger partial charge in [0.2, 0.25) is 0 Å². The van der Waals surface area contributed by atoms with E-state index < -0.39 is 0 Å². The smallest absolute Gasteiger partial charge is 0.147 e. The largest absolute Gasteiger partial charge is 0.342 e. The Kier molecular flexibility index (Phi) is 2.65. The number of aromatic nitrogens is 2. The second-order valence-corrected chi connectivity index (χ2v) is 5.61. The molecule has 1 N–H and O–H groups in total. The summed E-state index contributed by atoms with van der Waals surface area (Å²) in [4.78, 5) is 7.70. The molecule has 0 unspecified atom stereocenters. The van der Waals surface area contributed by atoms with Gasteiger partial charge in [0.15, 0.2) is 0 Å². The number of H-pyrrole nitrogens is 1. The van der Waals surface area contributed by atoms with Gasteiger partial charge in [-0.25, -0.2) is 4.98 Å². The number of fused-ring (bicyclic) bond motifs is 3. The summed E-state index contributed by atoms with van der Waals surface area (Å²) in [6.45, 7) is 2.05. The molecule has 2 heterocycles. The van der Waals surface area contributed by atoms with Gasteiger partial charge >= 0.3 is 0 Å². The van der Waals surface area contributed by atoms with Crippen LogP contribution in [0.1, 0.15) is 12.7 Å². The molecule has 0 aliphatic rings. The molecular weight excluding hydrogens is 272 g/mol. The van der Waals surface area contributed by atoms with Crippen molar-refractivity contribution >= 4 is 55.5 Å². The monoisotopic (exact) mass is 280 g/mol. The van der Waals surface area contributed by atoms with Gasteiger partial charge in [0.25, 0.3) is 0 Å². The number of rotatable bonds is 1. The van der Waals surface area contributed by atoms with Crippen LogP contribution in [-0.2, 0) is 6.42 Å². The third-order valence-corrected chi connectivity index (χ3v) is 4.60. The molecule has 0 aliphatic heterocycles. The number of nitrogens with zero attached hydrogens (tertiary/aromatic N) is 1. The summed E-state index contributed by atoms with van der Waals surface area (Å²) in [6, 6.07) is 5.91. The zero-order valence-corrected chi connectivity index (χ0v) is 11.5. The SMILES string of the molecule is CCc1nc(=S)c2sc3cccc(Cl)c3c2[nH]1. The number of aromatic amines is 1. The fourth-order valence-electron chi connectivity index (χ4n) is 1.89. The van der Waals surface area contributed by atoms with Crippen LogP contribution in [0.2, 0.25) is 5.02 Å². The van der Waals surface area contributed by atoms with Crippen LogP contribution < -0.4 is 0 Å². The lowest BCUT2D eigenvalue weighted by Crippen LogP contribution is -1.92. The van der Waals surface area contributed by atoms with Crippen molar-refractivity contribution in [3.05, 3.63) is 33.7 Å². The van der Waals surface area contributed by atoms with E-state index in [1.807, 2.05) is 12.1 Å². The van der Waals surface area contributed by atoms with Gasteiger partial charge in [-0.3, -0.25) is 0 Å². The number of hydrogen-bond acceptors (Lipinski definition) is 3. The molecule has 0 radical (unpaired) electrons. The molecule has 0 spiro atoms. The second kappa shape index (κ2) is 4.05. The van der Waals surface area contributed by atoms with Gasteiger partial charge in [-0.2, -0.15) is 0 Å². The van der Waals surface area contributed by atoms with Crippen LogP contribution in [-0.4, -0.2) is 9.97 Å². The average molecular weight is 281 g/mol. The Bertz CT molecular complexity index is 773. The van der Waals surface area contributed by atoms with Gasteiger partial charge < -0.3 is 4.98 Å². The van der Waals surface area contributed by atoms with Crippen LogP contribution in [0.4, 0.5) is 0 Å². The molecule has 0 fully saturated rings. The first-order valence-corrected chi connectivity index (χ1v) is 6.91. The van der Waals surface area contributed by atoms with E-state index in [0.29, 0.717) is 4.64 Å². The van der Waals surface area contributed by atoms with Crippen molar-refractivity contribution in [3.63, 3.8) is 0 Å². The molecule has 0 aliphatic carbocycles. The van der Waals surface area contributed by atoms with Crippen LogP contribution >= 0.6 is 35.2 Å². The number of thiophene rings is 1. The van der Waals surface area contributed by atoms with E-state index in [9.17, 15) is 0 Å². The van der Waals surface area contributed by atoms with E-state index in [1.54, 1.807) is 11.3 Å². The molecule has 2 nitrogen and oxygen atoms in total. The van der Waals surface area contributed by atoms with Crippen LogP contribution in [0.3, 0.4) is 0 Å². The highest BCUT2D eigenvalue weighted by Crippen LogP contribution is 2.36. The molecular formula is C12H9ClN2S2. The summed E-state index contributed by atoms with van der Waals surface area (Å²) < 4.78 is 2.82. The van der Waals surface area contributed by atoms with Crippen molar-refractivity contribution in [2.45, 2.75) is 13.3 Å². The van der Waals surface area contributed by atoms with Crippen molar-refractivity contribution in [2.75, 3.05) is 0 Å². The minimum absolute atomic E-state index is 0.660. The molecule has 17 heavy (non-hydrogen) atoms. The van der Waals surface area contributed by atoms with Crippen molar-refractivity contribution < 1.29 is 0 Å². The van der Waals surface area contributed by atoms with E-state index in [0.717, 1.165) is 37.6 Å². The molecule has 0 saturated carbocycles. The average Bonchev–Trinajstić information content (AvgIpc) is 2.69. The summed E-state index contributed by atoms with van der Waals surface area (Å²) in [5.41, 5.74) is 1.02. The quantitative estimate of drug-likeness (QED) is 0.653. The first-order valence-electron chi connectivity index (χ1n) is 5.30. The summed E-state index contributed by atoms with van der Waals surface area (Å²) >= 11 is 13.2. The Labute approximate surface area is 112 Å². The van der Waals surface area contributed by atoms with Crippen LogP contribution in [0.25, 0.3) is 20.3 Å². The summed E-state index contributed by atoms with van der Waals surface area (Å²) in [7, 11) is 0. The van der Waals surface area contributed by atoms with Gasteiger partial charge in [0.05, 0.1) is 15.2 Å². The lowest BCUT2D eigenvalue weighted by molar-refractivity contribution is 0.958. The van der Waals surface area contributed by atoms with Crippen LogP contribution in [0, 0.1) is 4.64 Å². The van der Waals surface area contributed by atoms with Gasteiger partial charge in [0.1, 0.15) is 10.5 Å². The number of nitrogens with one attached hydrogen (secondary N) is 1. The Morgan fingerprint density at radius 3 is 3.06 bits per heavy atom. The third kappa shape index (κ3) is 1.68. The second-order valence-electron chi connectivity index (χ2n) is 3.76. The van der Waals surface area contributed by atoms with Crippen molar-refractivity contribution in [3.8, 4) is 0 Å². The molecule has 0 saturated heterocycles. The van der Waals surface area contributed by atoms with Crippen molar-refractivity contribution in [1.29, 1.82) is 0 Å². The Hall–Kier alpha value is -0.970. The lowest BCUT2D eigenvalue weighted by atomic mass is 10.2. The molecule has 0 bridgehead atoms. The lowest BCUT2D eigenvalue weighted by Gasteiger charge is -1.99. The summed E-state index contributed by atoms with van der Waals surface area (Å²) in [5.74, 6) is 0.905. The highest BCUT2D eigenvalue weighted by atomic mass is 35.5. The third-order valence-electron chi connectivity index (χ3n) is 2.70. The Morgan fingerprint density at radius 1 is 1.47 bits per heavy atom. The maximum Gasteiger partial charge on any atom is 0.147 e. The molecule has 86 valence electrons. The highest BCUT2D eigenvalue weighted by molar-refractivity contribution is 7.71. The van der Waals surface area contributed by atoms with E-state index in [1.165, 1.54) is 0 Å². The predicted molar refractivity (Wildman–Crippen MR) is 76.7 cm³/mol. The van der Waals surface area contributed by atoms with Gasteiger partial charge in [-0.1, -0.05) is 36.8 Å². The normalized spacial score (nSPS) is 11.4. The van der Waals surface area contributed by atoms with Gasteiger partial charge in [-0.05, 0) is 12.1 Å². The Balaban J connectivity index is 2.59. The fourth-order valence-corrected chi connectivity index (χ4v) is 3.62. The number of halogens is 1. The maximum absolute atomic E-state index is 6.26. The molecule has 0 amide bonds. The maximum atomic E-state index is 6.26. The number of hydrogen-bond donors (Lipinski definition) is 1. The van der Waals surface area contributed by atoms with Gasteiger partial charge in [0, 0.05) is 16.5 Å². The number of benzene rings is 1. The first kappa shape index (κ1) is 11.1. The highest BCUT2D eigenvalue weighted by Gasteiger charge is 2.11. The zero-order chi connectivity index (χ0) is 12.0. The van der Waals surface area contributed by atoms with Crippen LogP contribution in [0.5, 0.6) is 0 Å². The fraction of sp³-hybridized carbons (Fsp3) is 0.167. The minimum Gasteiger partial charge on any atom is -0.342 e. The first-order chi connectivity index (χ1) is 8.20. The van der Waals surface area contributed by atoms with Crippen LogP contribution in [0.15, 0.2) is 18.2 Å². The van der Waals surface area contributed by atoms with E-state index in [-0.39, 0.29) is 0 Å². The summed E-state index contributed by atoms with van der Waals surface area (Å²) in [6.07, 6.45) is 0.835. The number of aryl methyl sites for hydroxylation is 1. The van der Waals surface area contributed by atoms with E-state index >= 15 is 0 Å². The molecule has 1 aromatic carbocycles. The van der Waals surface area contributed by atoms with Gasteiger partial charge in [-0.15, -0.1) is 11.3 Å². The molecule has 3 aromatic rings. The molecule has 3 rings (SSSR count). The summed E-state index contributed by atoms with van der Waals surface area (Å²) in [5, 5.41) is 1.81. The van der Waals surface area contributed by atoms with E-state index in [4.69, 9.17) is 23.8 Å². The molecule has 2 aromatic heterocycles. The topological polar surface area (TPSA) is 28.7 Å². The Morgan fingerprint density at radius 2 is 2.29 bits per heavy atom. The predicted octanol–water partition coefficient (Wildman–Crippen LogP) is 4.72. The molecule has 0 atom stereocenters. The zero-order valence-electron chi connectivity index (χ0n) is 9.08. The minimum atomic E-state index is 0.660.